The third kappa shape index (κ3) is 4.62. The fraction of sp³-hybridized carbons (Fsp3) is 0.0714. The zero-order chi connectivity index (χ0) is 25.9. The number of carbonyl (C=O) groups excluding carboxylic acids is 2. The third-order valence-corrected chi connectivity index (χ3v) is 6.15. The number of hydrogen-bond acceptors (Lipinski definition) is 6. The minimum absolute atomic E-state index is 0.00874. The number of benzene rings is 3. The van der Waals surface area contributed by atoms with Gasteiger partial charge in [0, 0.05) is 33.8 Å². The highest BCUT2D eigenvalue weighted by atomic mass is 35.5. The molecule has 2 heterocycles. The van der Waals surface area contributed by atoms with E-state index in [9.17, 15) is 14.4 Å². The van der Waals surface area contributed by atoms with Gasteiger partial charge in [-0.25, -0.2) is 9.78 Å². The van der Waals surface area contributed by atoms with Gasteiger partial charge in [-0.2, -0.15) is 0 Å². The Morgan fingerprint density at radius 1 is 1.05 bits per heavy atom. The highest BCUT2D eigenvalue weighted by molar-refractivity contribution is 6.31. The zero-order valence-corrected chi connectivity index (χ0v) is 20.4. The molecule has 2 aromatic heterocycles. The molecule has 0 aliphatic rings. The summed E-state index contributed by atoms with van der Waals surface area (Å²) in [7, 11) is 1.24. The molecule has 1 amide bonds. The van der Waals surface area contributed by atoms with Crippen molar-refractivity contribution in [2.45, 2.75) is 6.54 Å². The Balaban J connectivity index is 1.57. The van der Waals surface area contributed by atoms with Gasteiger partial charge in [-0.15, -0.1) is 0 Å². The number of esters is 1. The van der Waals surface area contributed by atoms with Gasteiger partial charge in [-0.1, -0.05) is 41.9 Å². The Bertz CT molecular complexity index is 1660. The smallest absolute Gasteiger partial charge is 0.355 e. The van der Waals surface area contributed by atoms with Crippen LogP contribution < -0.4 is 10.7 Å². The lowest BCUT2D eigenvalue weighted by molar-refractivity contribution is 0.0589. The van der Waals surface area contributed by atoms with Crippen LogP contribution in [0.5, 0.6) is 0 Å². The van der Waals surface area contributed by atoms with Gasteiger partial charge in [-0.05, 0) is 42.5 Å². The predicted molar refractivity (Wildman–Crippen MR) is 139 cm³/mol. The number of methoxy groups -OCH3 is 1. The largest absolute Gasteiger partial charge is 0.464 e. The van der Waals surface area contributed by atoms with E-state index in [0.29, 0.717) is 32.9 Å². The second-order valence-corrected chi connectivity index (χ2v) is 8.54. The Morgan fingerprint density at radius 3 is 2.49 bits per heavy atom. The fourth-order valence-corrected chi connectivity index (χ4v) is 4.31. The predicted octanol–water partition coefficient (Wildman–Crippen LogP) is 5.02. The highest BCUT2D eigenvalue weighted by Crippen LogP contribution is 2.25. The summed E-state index contributed by atoms with van der Waals surface area (Å²) in [6, 6.07) is 20.6. The monoisotopic (exact) mass is 513 g/mol. The molecule has 0 aliphatic heterocycles. The number of carbonyl (C=O) groups is 2. The SMILES string of the molecule is COC(=O)c1c(CNC(=O)c2ccc(-c3cnco3)cc2)c(=O)c2ccc(Cl)cc2n1-c1ccccc1. The topological polar surface area (TPSA) is 103 Å². The van der Waals surface area contributed by atoms with Crippen molar-refractivity contribution in [3.8, 4) is 17.0 Å². The van der Waals surface area contributed by atoms with Gasteiger partial charge in [0.05, 0.1) is 24.4 Å². The molecule has 5 rings (SSSR count). The zero-order valence-electron chi connectivity index (χ0n) is 19.6. The number of rotatable bonds is 6. The van der Waals surface area contributed by atoms with Crippen LogP contribution in [0.15, 0.2) is 94.6 Å². The summed E-state index contributed by atoms with van der Waals surface area (Å²) in [6.45, 7) is -0.197. The number of nitrogens with one attached hydrogen (secondary N) is 1. The molecule has 0 aliphatic carbocycles. The third-order valence-electron chi connectivity index (χ3n) is 5.91. The first-order valence-electron chi connectivity index (χ1n) is 11.3. The number of nitrogens with zero attached hydrogens (tertiary/aromatic N) is 2. The molecule has 0 atom stereocenters. The van der Waals surface area contributed by atoms with Gasteiger partial charge in [0.15, 0.2) is 17.6 Å². The molecule has 0 saturated heterocycles. The van der Waals surface area contributed by atoms with Crippen LogP contribution in [0.2, 0.25) is 5.02 Å². The van der Waals surface area contributed by atoms with Crippen molar-refractivity contribution >= 4 is 34.4 Å². The highest BCUT2D eigenvalue weighted by Gasteiger charge is 2.25. The minimum Gasteiger partial charge on any atom is -0.464 e. The molecule has 0 saturated carbocycles. The number of amides is 1. The first kappa shape index (κ1) is 24.0. The van der Waals surface area contributed by atoms with Gasteiger partial charge in [0.2, 0.25) is 0 Å². The van der Waals surface area contributed by atoms with E-state index in [1.54, 1.807) is 65.4 Å². The summed E-state index contributed by atoms with van der Waals surface area (Å²) in [5.41, 5.74) is 1.92. The van der Waals surface area contributed by atoms with E-state index in [0.717, 1.165) is 5.56 Å². The number of aromatic nitrogens is 2. The van der Waals surface area contributed by atoms with Gasteiger partial charge in [0.1, 0.15) is 5.69 Å². The molecule has 0 radical (unpaired) electrons. The van der Waals surface area contributed by atoms with Crippen molar-refractivity contribution < 1.29 is 18.7 Å². The lowest BCUT2D eigenvalue weighted by atomic mass is 10.1. The Hall–Kier alpha value is -4.69. The molecule has 37 heavy (non-hydrogen) atoms. The summed E-state index contributed by atoms with van der Waals surface area (Å²) in [6.07, 6.45) is 2.91. The van der Waals surface area contributed by atoms with E-state index in [1.165, 1.54) is 13.5 Å². The second kappa shape index (κ2) is 10.1. The summed E-state index contributed by atoms with van der Waals surface area (Å²) in [5.74, 6) is -0.558. The fourth-order valence-electron chi connectivity index (χ4n) is 4.14. The number of hydrogen-bond donors (Lipinski definition) is 1. The summed E-state index contributed by atoms with van der Waals surface area (Å²) in [5, 5.41) is 3.52. The molecule has 5 aromatic rings. The number of oxazole rings is 1. The maximum atomic E-state index is 13.6. The molecule has 9 heteroatoms. The quantitative estimate of drug-likeness (QED) is 0.320. The van der Waals surface area contributed by atoms with E-state index in [2.05, 4.69) is 10.3 Å². The number of para-hydroxylation sites is 1. The summed E-state index contributed by atoms with van der Waals surface area (Å²) < 4.78 is 12.0. The summed E-state index contributed by atoms with van der Waals surface area (Å²) in [4.78, 5) is 43.4. The van der Waals surface area contributed by atoms with E-state index in [1.807, 2.05) is 18.2 Å². The van der Waals surface area contributed by atoms with Crippen LogP contribution >= 0.6 is 11.6 Å². The molecule has 3 aromatic carbocycles. The standard InChI is InChI=1S/C28H20ClN3O5/c1-36-28(35)25-22(14-31-27(34)18-9-7-17(8-10-18)24-15-30-16-37-24)26(33)21-12-11-19(29)13-23(21)32(25)20-5-3-2-4-6-20/h2-13,15-16H,14H2,1H3,(H,31,34). The Kier molecular flexibility index (Phi) is 6.57. The van der Waals surface area contributed by atoms with Crippen LogP contribution in [0, 0.1) is 0 Å². The van der Waals surface area contributed by atoms with Crippen LogP contribution in [-0.4, -0.2) is 28.5 Å². The van der Waals surface area contributed by atoms with Gasteiger partial charge in [-0.3, -0.25) is 9.59 Å². The van der Waals surface area contributed by atoms with Gasteiger partial charge >= 0.3 is 5.97 Å². The average Bonchev–Trinajstić information content (AvgIpc) is 3.47. The van der Waals surface area contributed by atoms with E-state index >= 15 is 0 Å². The average molecular weight is 514 g/mol. The van der Waals surface area contributed by atoms with Gasteiger partial charge < -0.3 is 19.0 Å². The van der Waals surface area contributed by atoms with Crippen molar-refractivity contribution in [3.63, 3.8) is 0 Å². The van der Waals surface area contributed by atoms with Crippen molar-refractivity contribution in [1.29, 1.82) is 0 Å². The number of ether oxygens (including phenoxy) is 1. The van der Waals surface area contributed by atoms with Crippen LogP contribution in [-0.2, 0) is 11.3 Å². The lowest BCUT2D eigenvalue weighted by Gasteiger charge is -2.20. The van der Waals surface area contributed by atoms with E-state index in [4.69, 9.17) is 20.8 Å². The van der Waals surface area contributed by atoms with E-state index < -0.39 is 17.3 Å². The Morgan fingerprint density at radius 2 is 1.81 bits per heavy atom. The van der Waals surface area contributed by atoms with E-state index in [-0.39, 0.29) is 17.8 Å². The molecule has 8 nitrogen and oxygen atoms in total. The van der Waals surface area contributed by atoms with Crippen molar-refractivity contribution in [1.82, 2.24) is 14.9 Å². The number of fused-ring (bicyclic) bond motifs is 1. The first-order chi connectivity index (χ1) is 18.0. The molecule has 0 bridgehead atoms. The normalized spacial score (nSPS) is 10.9. The first-order valence-corrected chi connectivity index (χ1v) is 11.6. The van der Waals surface area contributed by atoms with Crippen LogP contribution in [0.1, 0.15) is 26.4 Å². The molecule has 0 fully saturated rings. The summed E-state index contributed by atoms with van der Waals surface area (Å²) >= 11 is 6.25. The van der Waals surface area contributed by atoms with Crippen LogP contribution in [0.4, 0.5) is 0 Å². The van der Waals surface area contributed by atoms with Crippen LogP contribution in [0.3, 0.4) is 0 Å². The number of halogens is 1. The Labute approximate surface area is 216 Å². The molecule has 184 valence electrons. The number of pyridine rings is 1. The minimum atomic E-state index is -0.719. The lowest BCUT2D eigenvalue weighted by Crippen LogP contribution is -2.31. The molecular formula is C28H20ClN3O5. The van der Waals surface area contributed by atoms with Crippen LogP contribution in [0.25, 0.3) is 27.9 Å². The van der Waals surface area contributed by atoms with Crippen molar-refractivity contribution in [2.24, 2.45) is 0 Å². The van der Waals surface area contributed by atoms with Crippen molar-refractivity contribution in [3.05, 3.63) is 117 Å². The maximum Gasteiger partial charge on any atom is 0.355 e. The van der Waals surface area contributed by atoms with Gasteiger partial charge in [0.25, 0.3) is 5.91 Å². The molecular weight excluding hydrogens is 494 g/mol. The maximum absolute atomic E-state index is 13.6. The van der Waals surface area contributed by atoms with Crippen molar-refractivity contribution in [2.75, 3.05) is 7.11 Å². The molecule has 1 N–H and O–H groups in total. The molecule has 0 unspecified atom stereocenters. The molecule has 0 spiro atoms. The second-order valence-electron chi connectivity index (χ2n) is 8.11.